The van der Waals surface area contributed by atoms with E-state index in [1.54, 1.807) is 4.90 Å². The average Bonchev–Trinajstić information content (AvgIpc) is 3.62. The lowest BCUT2D eigenvalue weighted by molar-refractivity contribution is -0.123. The van der Waals surface area contributed by atoms with Crippen molar-refractivity contribution >= 4 is 45.7 Å². The fraction of sp³-hybridized carbons (Fsp3) is 0.226. The number of amides is 2. The summed E-state index contributed by atoms with van der Waals surface area (Å²) in [6.07, 6.45) is 1.08. The number of para-hydroxylation sites is 1. The van der Waals surface area contributed by atoms with Crippen molar-refractivity contribution in [3.05, 3.63) is 108 Å². The number of carbonyl (C=O) groups excluding carboxylic acids is 2. The highest BCUT2D eigenvalue weighted by Crippen LogP contribution is 2.56. The Bertz CT molecular complexity index is 1520. The van der Waals surface area contributed by atoms with Crippen LogP contribution in [0.15, 0.2) is 97.1 Å². The highest BCUT2D eigenvalue weighted by molar-refractivity contribution is 8.02. The van der Waals surface area contributed by atoms with Gasteiger partial charge in [-0.3, -0.25) is 24.3 Å². The molecule has 0 aliphatic carbocycles. The summed E-state index contributed by atoms with van der Waals surface area (Å²) in [5.74, 6) is 0.691. The fourth-order valence-electron chi connectivity index (χ4n) is 6.17. The maximum atomic E-state index is 14.4. The highest BCUT2D eigenvalue weighted by atomic mass is 32.2. The molecule has 184 valence electrons. The van der Waals surface area contributed by atoms with Gasteiger partial charge in [0, 0.05) is 24.3 Å². The summed E-state index contributed by atoms with van der Waals surface area (Å²) >= 11 is 1.45. The van der Waals surface area contributed by atoms with Gasteiger partial charge in [-0.15, -0.1) is 11.8 Å². The predicted molar refractivity (Wildman–Crippen MR) is 150 cm³/mol. The number of hydrogen-bond donors (Lipinski definition) is 0. The first kappa shape index (κ1) is 22.6. The van der Waals surface area contributed by atoms with Gasteiger partial charge in [0.15, 0.2) is 0 Å². The monoisotopic (exact) mass is 505 g/mol. The van der Waals surface area contributed by atoms with E-state index in [0.717, 1.165) is 47.2 Å². The van der Waals surface area contributed by atoms with Crippen LogP contribution in [0.3, 0.4) is 0 Å². The van der Waals surface area contributed by atoms with E-state index in [2.05, 4.69) is 41.3 Å². The summed E-state index contributed by atoms with van der Waals surface area (Å²) in [5, 5.41) is 2.17. The van der Waals surface area contributed by atoms with Gasteiger partial charge in [0.05, 0.1) is 18.1 Å². The van der Waals surface area contributed by atoms with Crippen LogP contribution in [0.2, 0.25) is 0 Å². The molecule has 2 saturated heterocycles. The van der Waals surface area contributed by atoms with Gasteiger partial charge in [0.1, 0.15) is 0 Å². The fourth-order valence-corrected chi connectivity index (χ4v) is 7.53. The summed E-state index contributed by atoms with van der Waals surface area (Å²) in [5.41, 5.74) is 3.93. The summed E-state index contributed by atoms with van der Waals surface area (Å²) in [4.78, 5) is 32.8. The largest absolute Gasteiger partial charge is 0.295 e. The maximum Gasteiger partial charge on any atom is 0.269 e. The normalized spacial score (nSPS) is 23.5. The molecule has 3 aliphatic heterocycles. The molecule has 4 aromatic rings. The molecule has 2 fully saturated rings. The number of hydrogen-bond acceptors (Lipinski definition) is 4. The zero-order chi connectivity index (χ0) is 25.0. The van der Waals surface area contributed by atoms with Gasteiger partial charge in [-0.05, 0) is 46.9 Å². The molecule has 4 aromatic carbocycles. The van der Waals surface area contributed by atoms with E-state index in [-0.39, 0.29) is 17.6 Å². The predicted octanol–water partition coefficient (Wildman–Crippen LogP) is 5.57. The molecule has 3 aliphatic rings. The lowest BCUT2D eigenvalue weighted by Crippen LogP contribution is -2.51. The van der Waals surface area contributed by atoms with E-state index < -0.39 is 4.87 Å². The van der Waals surface area contributed by atoms with Crippen molar-refractivity contribution in [3.8, 4) is 0 Å². The minimum Gasteiger partial charge on any atom is -0.295 e. The first-order chi connectivity index (χ1) is 18.1. The molecule has 0 saturated carbocycles. The van der Waals surface area contributed by atoms with E-state index in [0.29, 0.717) is 12.6 Å². The molecule has 0 unspecified atom stereocenters. The number of nitrogens with zero attached hydrogens (tertiary/aromatic N) is 3. The smallest absolute Gasteiger partial charge is 0.269 e. The van der Waals surface area contributed by atoms with Crippen LogP contribution in [0.25, 0.3) is 10.8 Å². The van der Waals surface area contributed by atoms with Crippen molar-refractivity contribution in [1.82, 2.24) is 4.90 Å². The number of rotatable bonds is 4. The number of fused-ring (bicyclic) bond motifs is 3. The van der Waals surface area contributed by atoms with Gasteiger partial charge in [-0.1, -0.05) is 78.9 Å². The van der Waals surface area contributed by atoms with Crippen LogP contribution in [0.5, 0.6) is 0 Å². The quantitative estimate of drug-likeness (QED) is 0.364. The van der Waals surface area contributed by atoms with Gasteiger partial charge < -0.3 is 0 Å². The number of thioether (sulfide) groups is 1. The Kier molecular flexibility index (Phi) is 5.34. The highest BCUT2D eigenvalue weighted by Gasteiger charge is 2.61. The second kappa shape index (κ2) is 8.75. The van der Waals surface area contributed by atoms with Gasteiger partial charge in [0.25, 0.3) is 5.91 Å². The van der Waals surface area contributed by atoms with Gasteiger partial charge in [-0.25, -0.2) is 0 Å². The molecule has 0 radical (unpaired) electrons. The van der Waals surface area contributed by atoms with E-state index >= 15 is 0 Å². The Labute approximate surface area is 220 Å². The molecule has 7 rings (SSSR count). The average molecular weight is 506 g/mol. The minimum atomic E-state index is -1.07. The third-order valence-corrected chi connectivity index (χ3v) is 9.33. The van der Waals surface area contributed by atoms with Crippen LogP contribution < -0.4 is 9.80 Å². The van der Waals surface area contributed by atoms with Crippen LogP contribution in [-0.2, 0) is 14.5 Å². The van der Waals surface area contributed by atoms with E-state index in [1.165, 1.54) is 17.3 Å². The molecular formula is C31H27N3O2S. The summed E-state index contributed by atoms with van der Waals surface area (Å²) < 4.78 is 0. The molecular weight excluding hydrogens is 478 g/mol. The molecule has 6 heteroatoms. The van der Waals surface area contributed by atoms with Crippen molar-refractivity contribution in [2.45, 2.75) is 17.2 Å². The Hall–Kier alpha value is -3.61. The van der Waals surface area contributed by atoms with Gasteiger partial charge in [-0.2, -0.15) is 0 Å². The van der Waals surface area contributed by atoms with E-state index in [4.69, 9.17) is 0 Å². The molecule has 0 aromatic heterocycles. The number of likely N-dealkylation sites (tertiary alicyclic amines) is 1. The van der Waals surface area contributed by atoms with Crippen LogP contribution in [0, 0.1) is 0 Å². The molecule has 1 spiro atoms. The number of anilines is 2. The summed E-state index contributed by atoms with van der Waals surface area (Å²) in [6.45, 7) is 2.39. The third kappa shape index (κ3) is 3.50. The Morgan fingerprint density at radius 2 is 1.59 bits per heavy atom. The second-order valence-corrected chi connectivity index (χ2v) is 11.2. The Balaban J connectivity index is 1.24. The van der Waals surface area contributed by atoms with Crippen LogP contribution >= 0.6 is 11.8 Å². The van der Waals surface area contributed by atoms with Crippen molar-refractivity contribution in [1.29, 1.82) is 0 Å². The molecule has 0 N–H and O–H groups in total. The Morgan fingerprint density at radius 3 is 2.46 bits per heavy atom. The van der Waals surface area contributed by atoms with Crippen molar-refractivity contribution in [2.75, 3.05) is 35.3 Å². The lowest BCUT2D eigenvalue weighted by atomic mass is 9.99. The lowest BCUT2D eigenvalue weighted by Gasteiger charge is -2.34. The Morgan fingerprint density at radius 1 is 0.838 bits per heavy atom. The minimum absolute atomic E-state index is 0.0270. The van der Waals surface area contributed by atoms with Crippen LogP contribution in [0.1, 0.15) is 23.5 Å². The molecule has 5 nitrogen and oxygen atoms in total. The van der Waals surface area contributed by atoms with Crippen molar-refractivity contribution < 1.29 is 9.59 Å². The van der Waals surface area contributed by atoms with Crippen LogP contribution in [-0.4, -0.2) is 42.2 Å². The van der Waals surface area contributed by atoms with Crippen molar-refractivity contribution in [2.24, 2.45) is 0 Å². The second-order valence-electron chi connectivity index (χ2n) is 10.1. The third-order valence-electron chi connectivity index (χ3n) is 7.94. The summed E-state index contributed by atoms with van der Waals surface area (Å²) in [6, 6.07) is 32.8. The molecule has 37 heavy (non-hydrogen) atoms. The topological polar surface area (TPSA) is 43.9 Å². The standard InChI is InChI=1S/C31H27N3O2S/c35-29-20-37-31(34(29)26-15-14-23-10-4-5-11-24(23)18-26)27-12-6-7-13-28(27)33(30(31)36)21-32-17-16-25(19-32)22-8-2-1-3-9-22/h1-15,18,25H,16-17,19-21H2/t25-,31+/m1/s1. The van der Waals surface area contributed by atoms with Crippen LogP contribution in [0.4, 0.5) is 11.4 Å². The van der Waals surface area contributed by atoms with E-state index in [1.807, 2.05) is 65.6 Å². The van der Waals surface area contributed by atoms with Crippen molar-refractivity contribution in [3.63, 3.8) is 0 Å². The zero-order valence-corrected chi connectivity index (χ0v) is 21.2. The van der Waals surface area contributed by atoms with Gasteiger partial charge >= 0.3 is 0 Å². The number of carbonyl (C=O) groups is 2. The van der Waals surface area contributed by atoms with Gasteiger partial charge in [0.2, 0.25) is 10.8 Å². The maximum absolute atomic E-state index is 14.4. The SMILES string of the molecule is O=C1CS[C@@]2(C(=O)N(CN3CC[C@@H](c4ccccc4)C3)c3ccccc32)N1c1ccc2ccccc2c1. The van der Waals surface area contributed by atoms with E-state index in [9.17, 15) is 9.59 Å². The molecule has 2 amide bonds. The first-order valence-electron chi connectivity index (χ1n) is 12.8. The molecule has 0 bridgehead atoms. The molecule has 2 atom stereocenters. The molecule has 3 heterocycles. The summed E-state index contributed by atoms with van der Waals surface area (Å²) in [7, 11) is 0. The number of benzene rings is 4. The first-order valence-corrected chi connectivity index (χ1v) is 13.8. The zero-order valence-electron chi connectivity index (χ0n) is 20.4.